The number of anilines is 1. The number of hydrogen-bond acceptors (Lipinski definition) is 4. The molecule has 0 spiro atoms. The summed E-state index contributed by atoms with van der Waals surface area (Å²) in [7, 11) is 0. The van der Waals surface area contributed by atoms with Crippen molar-refractivity contribution in [3.05, 3.63) is 47.5 Å². The first kappa shape index (κ1) is 23.7. The lowest BCUT2D eigenvalue weighted by molar-refractivity contribution is 0.284. The predicted molar refractivity (Wildman–Crippen MR) is 132 cm³/mol. The lowest BCUT2D eigenvalue weighted by Gasteiger charge is -2.28. The van der Waals surface area contributed by atoms with Crippen molar-refractivity contribution in [1.29, 1.82) is 0 Å². The van der Waals surface area contributed by atoms with E-state index in [9.17, 15) is 0 Å². The van der Waals surface area contributed by atoms with Gasteiger partial charge in [-0.1, -0.05) is 58.7 Å². The molecule has 31 heavy (non-hydrogen) atoms. The molecule has 0 radical (unpaired) electrons. The molecule has 1 unspecified atom stereocenters. The fraction of sp³-hybridized carbons (Fsp3) is 0.593. The van der Waals surface area contributed by atoms with Crippen LogP contribution in [0.1, 0.15) is 70.9 Å². The van der Waals surface area contributed by atoms with Gasteiger partial charge in [0.05, 0.1) is 5.69 Å². The van der Waals surface area contributed by atoms with Gasteiger partial charge in [-0.3, -0.25) is 0 Å². The second kappa shape index (κ2) is 11.1. The number of rotatable bonds is 11. The molecule has 2 N–H and O–H groups in total. The maximum atomic E-state index is 8.99. The second-order valence-corrected chi connectivity index (χ2v) is 9.56. The average molecular weight is 424 g/mol. The van der Waals surface area contributed by atoms with E-state index in [0.717, 1.165) is 50.4 Å². The molecule has 170 valence electrons. The van der Waals surface area contributed by atoms with Crippen LogP contribution in [0, 0.1) is 0 Å². The van der Waals surface area contributed by atoms with Crippen molar-refractivity contribution < 1.29 is 5.11 Å². The van der Waals surface area contributed by atoms with Gasteiger partial charge in [0.1, 0.15) is 5.82 Å². The van der Waals surface area contributed by atoms with E-state index in [-0.39, 0.29) is 12.0 Å². The number of pyridine rings is 1. The van der Waals surface area contributed by atoms with Gasteiger partial charge in [-0.15, -0.1) is 0 Å². The summed E-state index contributed by atoms with van der Waals surface area (Å²) in [5, 5.41) is 12.5. The van der Waals surface area contributed by atoms with Gasteiger partial charge in [0.2, 0.25) is 0 Å². The Kier molecular flexibility index (Phi) is 8.50. The van der Waals surface area contributed by atoms with Crippen molar-refractivity contribution in [3.63, 3.8) is 0 Å². The molecule has 1 saturated heterocycles. The molecule has 1 aliphatic rings. The summed E-state index contributed by atoms with van der Waals surface area (Å²) >= 11 is 0. The van der Waals surface area contributed by atoms with Gasteiger partial charge in [-0.2, -0.15) is 0 Å². The van der Waals surface area contributed by atoms with E-state index >= 15 is 0 Å². The Morgan fingerprint density at radius 1 is 1.16 bits per heavy atom. The molecule has 4 nitrogen and oxygen atoms in total. The van der Waals surface area contributed by atoms with Gasteiger partial charge in [-0.25, -0.2) is 4.98 Å². The third-order valence-corrected chi connectivity index (χ3v) is 6.68. The highest BCUT2D eigenvalue weighted by Gasteiger charge is 2.24. The maximum absolute atomic E-state index is 8.99. The van der Waals surface area contributed by atoms with Crippen molar-refractivity contribution in [2.45, 2.75) is 77.7 Å². The van der Waals surface area contributed by atoms with Crippen LogP contribution in [0.3, 0.4) is 0 Å². The van der Waals surface area contributed by atoms with Gasteiger partial charge in [0.25, 0.3) is 0 Å². The number of aliphatic hydroxyl groups is 1. The summed E-state index contributed by atoms with van der Waals surface area (Å²) in [6, 6.07) is 13.8. The van der Waals surface area contributed by atoms with Crippen LogP contribution in [0.25, 0.3) is 11.3 Å². The molecule has 2 heterocycles. The maximum Gasteiger partial charge on any atom is 0.129 e. The Labute approximate surface area is 189 Å². The number of benzene rings is 1. The van der Waals surface area contributed by atoms with E-state index < -0.39 is 0 Å². The van der Waals surface area contributed by atoms with E-state index in [2.05, 4.69) is 74.3 Å². The summed E-state index contributed by atoms with van der Waals surface area (Å²) in [6.45, 7) is 12.4. The summed E-state index contributed by atoms with van der Waals surface area (Å²) in [5.41, 5.74) is 5.41. The van der Waals surface area contributed by atoms with Crippen LogP contribution in [-0.2, 0) is 11.8 Å². The molecular formula is C27H41N3O. The largest absolute Gasteiger partial charge is 0.396 e. The Balaban J connectivity index is 1.76. The van der Waals surface area contributed by atoms with E-state index in [1.807, 2.05) is 0 Å². The molecule has 4 heteroatoms. The van der Waals surface area contributed by atoms with Crippen molar-refractivity contribution in [2.24, 2.45) is 0 Å². The van der Waals surface area contributed by atoms with Crippen LogP contribution in [0.4, 0.5) is 5.82 Å². The Hall–Kier alpha value is -1.91. The molecular weight excluding hydrogens is 382 g/mol. The Bertz CT molecular complexity index is 833. The molecule has 3 rings (SSSR count). The van der Waals surface area contributed by atoms with E-state index in [4.69, 9.17) is 10.1 Å². The first-order valence-electron chi connectivity index (χ1n) is 12.2. The number of hydrogen-bond donors (Lipinski definition) is 2. The molecule has 2 aromatic rings. The van der Waals surface area contributed by atoms with Crippen molar-refractivity contribution in [2.75, 3.05) is 31.1 Å². The van der Waals surface area contributed by atoms with Gasteiger partial charge < -0.3 is 15.3 Å². The highest BCUT2D eigenvalue weighted by atomic mass is 16.3. The zero-order valence-corrected chi connectivity index (χ0v) is 20.0. The SMILES string of the molecule is CCCCC(C)(C)c1ccc(-c2cccc(N3CCC(NCCCO)C3)n2)cc1CC. The average Bonchev–Trinajstić information content (AvgIpc) is 3.26. The van der Waals surface area contributed by atoms with Crippen LogP contribution in [-0.4, -0.2) is 42.4 Å². The quantitative estimate of drug-likeness (QED) is 0.480. The predicted octanol–water partition coefficient (Wildman–Crippen LogP) is 5.33. The zero-order valence-electron chi connectivity index (χ0n) is 20.0. The smallest absolute Gasteiger partial charge is 0.129 e. The first-order valence-corrected chi connectivity index (χ1v) is 12.2. The van der Waals surface area contributed by atoms with Crippen LogP contribution in [0.2, 0.25) is 0 Å². The Morgan fingerprint density at radius 3 is 2.74 bits per heavy atom. The van der Waals surface area contributed by atoms with E-state index in [0.29, 0.717) is 6.04 Å². The van der Waals surface area contributed by atoms with Gasteiger partial charge in [0, 0.05) is 31.3 Å². The molecule has 1 aliphatic heterocycles. The fourth-order valence-electron chi connectivity index (χ4n) is 4.74. The zero-order chi connectivity index (χ0) is 22.3. The topological polar surface area (TPSA) is 48.4 Å². The molecule has 1 atom stereocenters. The summed E-state index contributed by atoms with van der Waals surface area (Å²) in [6.07, 6.45) is 6.73. The molecule has 1 fully saturated rings. The molecule has 0 amide bonds. The minimum atomic E-state index is 0.211. The fourth-order valence-corrected chi connectivity index (χ4v) is 4.74. The van der Waals surface area contributed by atoms with Crippen LogP contribution in [0.15, 0.2) is 36.4 Å². The standard InChI is InChI=1S/C27H41N3O/c1-5-7-15-27(3,4)24-13-12-22(19-21(24)6-2)25-10-8-11-26(29-25)30-17-14-23(20-30)28-16-9-18-31/h8,10-13,19,23,28,31H,5-7,9,14-18,20H2,1-4H3. The van der Waals surface area contributed by atoms with Crippen LogP contribution in [0.5, 0.6) is 0 Å². The van der Waals surface area contributed by atoms with E-state index in [1.54, 1.807) is 0 Å². The van der Waals surface area contributed by atoms with Gasteiger partial charge >= 0.3 is 0 Å². The second-order valence-electron chi connectivity index (χ2n) is 9.56. The number of aryl methyl sites for hydroxylation is 1. The number of aromatic nitrogens is 1. The van der Waals surface area contributed by atoms with Crippen LogP contribution >= 0.6 is 0 Å². The Morgan fingerprint density at radius 2 is 2.00 bits per heavy atom. The highest BCUT2D eigenvalue weighted by Crippen LogP contribution is 2.34. The lowest BCUT2D eigenvalue weighted by atomic mass is 9.77. The molecule has 1 aromatic carbocycles. The normalized spacial score (nSPS) is 16.8. The van der Waals surface area contributed by atoms with Crippen LogP contribution < -0.4 is 10.2 Å². The molecule has 0 saturated carbocycles. The number of nitrogens with zero attached hydrogens (tertiary/aromatic N) is 2. The number of aliphatic hydroxyl groups excluding tert-OH is 1. The summed E-state index contributed by atoms with van der Waals surface area (Å²) < 4.78 is 0. The molecule has 0 aliphatic carbocycles. The highest BCUT2D eigenvalue weighted by molar-refractivity contribution is 5.64. The van der Waals surface area contributed by atoms with Crippen molar-refractivity contribution in [3.8, 4) is 11.3 Å². The number of nitrogens with one attached hydrogen (secondary N) is 1. The van der Waals surface area contributed by atoms with Crippen molar-refractivity contribution >= 4 is 5.82 Å². The monoisotopic (exact) mass is 423 g/mol. The van der Waals surface area contributed by atoms with Crippen molar-refractivity contribution in [1.82, 2.24) is 10.3 Å². The molecule has 0 bridgehead atoms. The third-order valence-electron chi connectivity index (χ3n) is 6.68. The van der Waals surface area contributed by atoms with E-state index in [1.165, 1.54) is 36.0 Å². The minimum absolute atomic E-state index is 0.211. The molecule has 1 aromatic heterocycles. The summed E-state index contributed by atoms with van der Waals surface area (Å²) in [4.78, 5) is 7.41. The lowest BCUT2D eigenvalue weighted by Crippen LogP contribution is -2.33. The first-order chi connectivity index (χ1) is 15.0. The van der Waals surface area contributed by atoms with Gasteiger partial charge in [0.15, 0.2) is 0 Å². The van der Waals surface area contributed by atoms with Gasteiger partial charge in [-0.05, 0) is 67.0 Å². The third kappa shape index (κ3) is 6.08. The minimum Gasteiger partial charge on any atom is -0.396 e. The number of unbranched alkanes of at least 4 members (excludes halogenated alkanes) is 1. The summed E-state index contributed by atoms with van der Waals surface area (Å²) in [5.74, 6) is 1.06.